The van der Waals surface area contributed by atoms with Gasteiger partial charge in [0.2, 0.25) is 0 Å². The maximum Gasteiger partial charge on any atom is 0.0589 e. The number of hydrogen-bond acceptors (Lipinski definition) is 3. The molecule has 1 aliphatic heterocycles. The molecular formula is C7H15BrN2O. The molecule has 1 rings (SSSR count). The largest absolute Gasteiger partial charge is 0.383 e. The Morgan fingerprint density at radius 2 is 1.91 bits per heavy atom. The normalized spacial score (nSPS) is 22.4. The van der Waals surface area contributed by atoms with Crippen LogP contribution in [0.4, 0.5) is 0 Å². The summed E-state index contributed by atoms with van der Waals surface area (Å²) in [6.45, 7) is 6.44. The fourth-order valence-corrected chi connectivity index (χ4v) is 1.48. The molecule has 0 N–H and O–H groups in total. The first kappa shape index (κ1) is 9.45. The van der Waals surface area contributed by atoms with Crippen molar-refractivity contribution in [2.75, 3.05) is 46.4 Å². The van der Waals surface area contributed by atoms with Crippen LogP contribution in [0.15, 0.2) is 0 Å². The van der Waals surface area contributed by atoms with Crippen molar-refractivity contribution in [3.05, 3.63) is 0 Å². The summed E-state index contributed by atoms with van der Waals surface area (Å²) in [4.78, 5) is 2.42. The molecule has 0 aromatic heterocycles. The molecule has 1 heterocycles. The van der Waals surface area contributed by atoms with Crippen LogP contribution >= 0.6 is 16.1 Å². The first-order valence-electron chi connectivity index (χ1n) is 3.95. The van der Waals surface area contributed by atoms with Crippen molar-refractivity contribution >= 4 is 16.1 Å². The van der Waals surface area contributed by atoms with Crippen LogP contribution in [0.5, 0.6) is 0 Å². The SMILES string of the molecule is COCCN1CCN(Br)CC1. The summed E-state index contributed by atoms with van der Waals surface area (Å²) < 4.78 is 7.18. The molecule has 0 aromatic carbocycles. The minimum Gasteiger partial charge on any atom is -0.383 e. The number of rotatable bonds is 3. The van der Waals surface area contributed by atoms with E-state index in [-0.39, 0.29) is 0 Å². The van der Waals surface area contributed by atoms with E-state index >= 15 is 0 Å². The van der Waals surface area contributed by atoms with Crippen LogP contribution in [0.1, 0.15) is 0 Å². The Kier molecular flexibility index (Phi) is 4.37. The van der Waals surface area contributed by atoms with Crippen LogP contribution in [0, 0.1) is 0 Å². The Morgan fingerprint density at radius 1 is 1.27 bits per heavy atom. The lowest BCUT2D eigenvalue weighted by atomic mass is 10.4. The molecule has 1 aliphatic rings. The van der Waals surface area contributed by atoms with Gasteiger partial charge in [-0.05, 0) is 0 Å². The number of methoxy groups -OCH3 is 1. The summed E-state index contributed by atoms with van der Waals surface area (Å²) in [6.07, 6.45) is 0. The van der Waals surface area contributed by atoms with Gasteiger partial charge in [-0.25, -0.2) is 3.93 Å². The first-order chi connectivity index (χ1) is 5.33. The van der Waals surface area contributed by atoms with Crippen molar-refractivity contribution in [3.63, 3.8) is 0 Å². The number of piperazine rings is 1. The highest BCUT2D eigenvalue weighted by Gasteiger charge is 2.13. The molecule has 4 heteroatoms. The standard InChI is InChI=1S/C7H15BrN2O/c1-11-7-6-9-2-4-10(8)5-3-9/h2-7H2,1H3. The zero-order valence-corrected chi connectivity index (χ0v) is 8.51. The van der Waals surface area contributed by atoms with E-state index in [4.69, 9.17) is 4.74 Å². The summed E-state index contributed by atoms with van der Waals surface area (Å²) in [7, 11) is 1.75. The monoisotopic (exact) mass is 222 g/mol. The fraction of sp³-hybridized carbons (Fsp3) is 1.00. The van der Waals surface area contributed by atoms with Crippen molar-refractivity contribution < 1.29 is 4.74 Å². The van der Waals surface area contributed by atoms with E-state index < -0.39 is 0 Å². The van der Waals surface area contributed by atoms with Gasteiger partial charge < -0.3 is 4.74 Å². The van der Waals surface area contributed by atoms with Gasteiger partial charge in [0.15, 0.2) is 0 Å². The van der Waals surface area contributed by atoms with Crippen molar-refractivity contribution in [1.82, 2.24) is 8.83 Å². The number of ether oxygens (including phenoxy) is 1. The van der Waals surface area contributed by atoms with Gasteiger partial charge in [-0.1, -0.05) is 0 Å². The van der Waals surface area contributed by atoms with Crippen molar-refractivity contribution in [2.24, 2.45) is 0 Å². The molecule has 0 radical (unpaired) electrons. The Hall–Kier alpha value is 0.360. The zero-order chi connectivity index (χ0) is 8.10. The maximum atomic E-state index is 5.00. The Balaban J connectivity index is 2.07. The molecule has 0 saturated carbocycles. The van der Waals surface area contributed by atoms with E-state index in [0.29, 0.717) is 0 Å². The Morgan fingerprint density at radius 3 is 2.45 bits per heavy atom. The smallest absolute Gasteiger partial charge is 0.0589 e. The van der Waals surface area contributed by atoms with E-state index in [0.717, 1.165) is 39.3 Å². The highest BCUT2D eigenvalue weighted by atomic mass is 79.9. The third kappa shape index (κ3) is 3.51. The highest BCUT2D eigenvalue weighted by molar-refractivity contribution is 9.07. The minimum atomic E-state index is 0.849. The van der Waals surface area contributed by atoms with Crippen LogP contribution in [-0.4, -0.2) is 55.3 Å². The number of halogens is 1. The number of hydrogen-bond donors (Lipinski definition) is 0. The van der Waals surface area contributed by atoms with Crippen LogP contribution in [-0.2, 0) is 4.74 Å². The minimum absolute atomic E-state index is 0.849. The summed E-state index contributed by atoms with van der Waals surface area (Å²) in [5.74, 6) is 0. The predicted octanol–water partition coefficient (Wildman–Crippen LogP) is 0.560. The lowest BCUT2D eigenvalue weighted by Crippen LogP contribution is -2.43. The van der Waals surface area contributed by atoms with Crippen LogP contribution in [0.2, 0.25) is 0 Å². The van der Waals surface area contributed by atoms with Crippen molar-refractivity contribution in [2.45, 2.75) is 0 Å². The van der Waals surface area contributed by atoms with E-state index in [1.54, 1.807) is 7.11 Å². The average Bonchev–Trinajstić information content (AvgIpc) is 2.04. The number of nitrogens with zero attached hydrogens (tertiary/aromatic N) is 2. The van der Waals surface area contributed by atoms with Crippen molar-refractivity contribution in [3.8, 4) is 0 Å². The molecule has 0 bridgehead atoms. The second-order valence-corrected chi connectivity index (χ2v) is 3.75. The van der Waals surface area contributed by atoms with Gasteiger partial charge in [-0.2, -0.15) is 0 Å². The molecule has 0 atom stereocenters. The lowest BCUT2D eigenvalue weighted by Gasteiger charge is -2.30. The molecule has 11 heavy (non-hydrogen) atoms. The molecule has 0 spiro atoms. The van der Waals surface area contributed by atoms with Gasteiger partial charge >= 0.3 is 0 Å². The van der Waals surface area contributed by atoms with Gasteiger partial charge in [-0.3, -0.25) is 4.90 Å². The van der Waals surface area contributed by atoms with Gasteiger partial charge in [0.25, 0.3) is 0 Å². The van der Waals surface area contributed by atoms with Crippen LogP contribution in [0.3, 0.4) is 0 Å². The van der Waals surface area contributed by atoms with E-state index in [2.05, 4.69) is 25.0 Å². The van der Waals surface area contributed by atoms with Gasteiger partial charge in [0.05, 0.1) is 6.61 Å². The average molecular weight is 223 g/mol. The van der Waals surface area contributed by atoms with Gasteiger partial charge in [-0.15, -0.1) is 0 Å². The van der Waals surface area contributed by atoms with Crippen molar-refractivity contribution in [1.29, 1.82) is 0 Å². The quantitative estimate of drug-likeness (QED) is 0.650. The molecule has 1 saturated heterocycles. The Labute approximate surface area is 76.6 Å². The lowest BCUT2D eigenvalue weighted by molar-refractivity contribution is 0.127. The fourth-order valence-electron chi connectivity index (χ4n) is 1.17. The molecule has 0 amide bonds. The third-order valence-corrected chi connectivity index (χ3v) is 2.64. The van der Waals surface area contributed by atoms with E-state index in [1.807, 2.05) is 0 Å². The summed E-state index contributed by atoms with van der Waals surface area (Å²) in [6, 6.07) is 0. The molecule has 1 fully saturated rings. The van der Waals surface area contributed by atoms with E-state index in [1.165, 1.54) is 0 Å². The Bertz CT molecular complexity index is 102. The third-order valence-electron chi connectivity index (χ3n) is 1.93. The van der Waals surface area contributed by atoms with E-state index in [9.17, 15) is 0 Å². The van der Waals surface area contributed by atoms with Gasteiger partial charge in [0, 0.05) is 56.0 Å². The highest BCUT2D eigenvalue weighted by Crippen LogP contribution is 2.04. The molecular weight excluding hydrogens is 208 g/mol. The second-order valence-electron chi connectivity index (χ2n) is 2.74. The summed E-state index contributed by atoms with van der Waals surface area (Å²) >= 11 is 3.46. The zero-order valence-electron chi connectivity index (χ0n) is 6.92. The molecule has 0 unspecified atom stereocenters. The topological polar surface area (TPSA) is 15.7 Å². The summed E-state index contributed by atoms with van der Waals surface area (Å²) in [5.41, 5.74) is 0. The molecule has 66 valence electrons. The van der Waals surface area contributed by atoms with Crippen LogP contribution < -0.4 is 0 Å². The molecule has 0 aliphatic carbocycles. The maximum absolute atomic E-state index is 5.00. The first-order valence-corrected chi connectivity index (χ1v) is 4.66. The van der Waals surface area contributed by atoms with Gasteiger partial charge in [0.1, 0.15) is 0 Å². The molecule has 0 aromatic rings. The second kappa shape index (κ2) is 5.09. The predicted molar refractivity (Wildman–Crippen MR) is 48.8 cm³/mol. The molecule has 3 nitrogen and oxygen atoms in total. The van der Waals surface area contributed by atoms with Crippen LogP contribution in [0.25, 0.3) is 0 Å². The summed E-state index contributed by atoms with van der Waals surface area (Å²) in [5, 5.41) is 0.